The lowest BCUT2D eigenvalue weighted by molar-refractivity contribution is 0.285. The summed E-state index contributed by atoms with van der Waals surface area (Å²) in [4.78, 5) is 0. The molecule has 1 unspecified atom stereocenters. The van der Waals surface area contributed by atoms with Crippen LogP contribution in [0.3, 0.4) is 0 Å². The summed E-state index contributed by atoms with van der Waals surface area (Å²) < 4.78 is 18.7. The number of para-hydroxylation sites is 1. The predicted molar refractivity (Wildman–Crippen MR) is 69.2 cm³/mol. The van der Waals surface area contributed by atoms with Crippen LogP contribution >= 0.6 is 11.6 Å². The Labute approximate surface area is 107 Å². The number of halogens is 2. The molecular weight excluding hydrogens is 241 g/mol. The second kappa shape index (κ2) is 6.82. The summed E-state index contributed by atoms with van der Waals surface area (Å²) in [5.41, 5.74) is 0. The Kier molecular flexibility index (Phi) is 5.72. The Morgan fingerprint density at radius 3 is 2.65 bits per heavy atom. The lowest BCUT2D eigenvalue weighted by Gasteiger charge is -2.17. The van der Waals surface area contributed by atoms with Crippen LogP contribution in [0.1, 0.15) is 20.8 Å². The van der Waals surface area contributed by atoms with E-state index in [2.05, 4.69) is 26.1 Å². The number of nitrogens with one attached hydrogen (secondary N) is 1. The molecule has 1 atom stereocenters. The Morgan fingerprint density at radius 1 is 1.35 bits per heavy atom. The van der Waals surface area contributed by atoms with Gasteiger partial charge in [-0.05, 0) is 25.0 Å². The van der Waals surface area contributed by atoms with E-state index in [1.165, 1.54) is 6.07 Å². The molecular formula is C13H19ClFNO. The van der Waals surface area contributed by atoms with E-state index in [0.717, 1.165) is 0 Å². The average molecular weight is 260 g/mol. The summed E-state index contributed by atoms with van der Waals surface area (Å²) in [5, 5.41) is 3.61. The van der Waals surface area contributed by atoms with Crippen molar-refractivity contribution >= 4 is 11.6 Å². The summed E-state index contributed by atoms with van der Waals surface area (Å²) in [6.45, 7) is 7.47. The summed E-state index contributed by atoms with van der Waals surface area (Å²) in [7, 11) is 0. The molecule has 17 heavy (non-hydrogen) atoms. The predicted octanol–water partition coefficient (Wildman–Crippen LogP) is 3.49. The van der Waals surface area contributed by atoms with Gasteiger partial charge >= 0.3 is 0 Å². The molecule has 0 amide bonds. The standard InChI is InChI=1S/C13H19ClFNO/c1-9(2)10(3)16-7-8-17-13-11(14)5-4-6-12(13)15/h4-6,9-10,16H,7-8H2,1-3H3. The number of rotatable bonds is 6. The van der Waals surface area contributed by atoms with Crippen LogP contribution in [0.4, 0.5) is 4.39 Å². The Hall–Kier alpha value is -0.800. The fourth-order valence-corrected chi connectivity index (χ4v) is 1.51. The van der Waals surface area contributed by atoms with Crippen LogP contribution in [0.5, 0.6) is 5.75 Å². The van der Waals surface area contributed by atoms with E-state index in [1.54, 1.807) is 12.1 Å². The summed E-state index contributed by atoms with van der Waals surface area (Å²) in [6, 6.07) is 4.92. The van der Waals surface area contributed by atoms with Gasteiger partial charge in [-0.25, -0.2) is 4.39 Å². The van der Waals surface area contributed by atoms with Crippen LogP contribution in [0.2, 0.25) is 5.02 Å². The van der Waals surface area contributed by atoms with Crippen molar-refractivity contribution in [3.05, 3.63) is 29.0 Å². The van der Waals surface area contributed by atoms with Crippen LogP contribution in [-0.2, 0) is 0 Å². The van der Waals surface area contributed by atoms with Crippen molar-refractivity contribution in [2.24, 2.45) is 5.92 Å². The van der Waals surface area contributed by atoms with Crippen LogP contribution in [0.15, 0.2) is 18.2 Å². The van der Waals surface area contributed by atoms with Crippen molar-refractivity contribution in [2.45, 2.75) is 26.8 Å². The fraction of sp³-hybridized carbons (Fsp3) is 0.538. The molecule has 4 heteroatoms. The molecule has 1 aromatic rings. The van der Waals surface area contributed by atoms with Gasteiger partial charge in [-0.3, -0.25) is 0 Å². The van der Waals surface area contributed by atoms with Gasteiger partial charge in [-0.15, -0.1) is 0 Å². The Bertz CT molecular complexity index is 337. The minimum atomic E-state index is -0.422. The number of hydrogen-bond donors (Lipinski definition) is 1. The van der Waals surface area contributed by atoms with E-state index < -0.39 is 5.82 Å². The summed E-state index contributed by atoms with van der Waals surface area (Å²) >= 11 is 5.84. The summed E-state index contributed by atoms with van der Waals surface area (Å²) in [5.74, 6) is 0.273. The first-order chi connectivity index (χ1) is 8.02. The maximum atomic E-state index is 13.3. The molecule has 0 heterocycles. The molecule has 1 rings (SSSR count). The molecule has 0 bridgehead atoms. The van der Waals surface area contributed by atoms with Gasteiger partial charge in [0.05, 0.1) is 5.02 Å². The third kappa shape index (κ3) is 4.52. The van der Waals surface area contributed by atoms with Crippen LogP contribution < -0.4 is 10.1 Å². The zero-order chi connectivity index (χ0) is 12.8. The third-order valence-corrected chi connectivity index (χ3v) is 3.03. The highest BCUT2D eigenvalue weighted by Gasteiger charge is 2.09. The number of benzene rings is 1. The number of ether oxygens (including phenoxy) is 1. The van der Waals surface area contributed by atoms with Crippen molar-refractivity contribution in [1.29, 1.82) is 0 Å². The maximum Gasteiger partial charge on any atom is 0.173 e. The quantitative estimate of drug-likeness (QED) is 0.790. The molecule has 0 aliphatic heterocycles. The van der Waals surface area contributed by atoms with Crippen LogP contribution in [-0.4, -0.2) is 19.2 Å². The molecule has 1 N–H and O–H groups in total. The lowest BCUT2D eigenvalue weighted by atomic mass is 10.1. The molecule has 0 spiro atoms. The highest BCUT2D eigenvalue weighted by atomic mass is 35.5. The van der Waals surface area contributed by atoms with E-state index in [0.29, 0.717) is 30.1 Å². The molecule has 1 aromatic carbocycles. The third-order valence-electron chi connectivity index (χ3n) is 2.73. The Morgan fingerprint density at radius 2 is 2.06 bits per heavy atom. The van der Waals surface area contributed by atoms with Crippen molar-refractivity contribution in [2.75, 3.05) is 13.2 Å². The SMILES string of the molecule is CC(C)C(C)NCCOc1c(F)cccc1Cl. The van der Waals surface area contributed by atoms with Gasteiger partial charge in [0, 0.05) is 12.6 Å². The molecule has 0 fully saturated rings. The molecule has 0 saturated carbocycles. The van der Waals surface area contributed by atoms with Crippen molar-refractivity contribution in [3.63, 3.8) is 0 Å². The van der Waals surface area contributed by atoms with Crippen LogP contribution in [0.25, 0.3) is 0 Å². The molecule has 0 aliphatic carbocycles. The first-order valence-corrected chi connectivity index (χ1v) is 6.20. The van der Waals surface area contributed by atoms with Gasteiger partial charge < -0.3 is 10.1 Å². The van der Waals surface area contributed by atoms with Gasteiger partial charge in [-0.2, -0.15) is 0 Å². The number of hydrogen-bond acceptors (Lipinski definition) is 2. The van der Waals surface area contributed by atoms with Crippen molar-refractivity contribution < 1.29 is 9.13 Å². The minimum absolute atomic E-state index is 0.133. The average Bonchev–Trinajstić information content (AvgIpc) is 2.27. The van der Waals surface area contributed by atoms with Crippen molar-refractivity contribution in [1.82, 2.24) is 5.32 Å². The smallest absolute Gasteiger partial charge is 0.173 e. The first-order valence-electron chi connectivity index (χ1n) is 5.82. The first kappa shape index (κ1) is 14.3. The zero-order valence-electron chi connectivity index (χ0n) is 10.5. The van der Waals surface area contributed by atoms with E-state index in [9.17, 15) is 4.39 Å². The molecule has 0 saturated heterocycles. The normalized spacial score (nSPS) is 12.8. The molecule has 0 aliphatic rings. The van der Waals surface area contributed by atoms with Gasteiger partial charge in [0.2, 0.25) is 0 Å². The molecule has 0 aromatic heterocycles. The molecule has 0 radical (unpaired) electrons. The fourth-order valence-electron chi connectivity index (χ4n) is 1.30. The molecule has 2 nitrogen and oxygen atoms in total. The largest absolute Gasteiger partial charge is 0.488 e. The molecule has 96 valence electrons. The topological polar surface area (TPSA) is 21.3 Å². The second-order valence-electron chi connectivity index (χ2n) is 4.39. The second-order valence-corrected chi connectivity index (χ2v) is 4.79. The van der Waals surface area contributed by atoms with Gasteiger partial charge in [-0.1, -0.05) is 31.5 Å². The minimum Gasteiger partial charge on any atom is -0.488 e. The van der Waals surface area contributed by atoms with E-state index >= 15 is 0 Å². The zero-order valence-corrected chi connectivity index (χ0v) is 11.2. The van der Waals surface area contributed by atoms with Gasteiger partial charge in [0.15, 0.2) is 11.6 Å². The van der Waals surface area contributed by atoms with E-state index in [-0.39, 0.29) is 5.75 Å². The highest BCUT2D eigenvalue weighted by molar-refractivity contribution is 6.32. The van der Waals surface area contributed by atoms with E-state index in [4.69, 9.17) is 16.3 Å². The summed E-state index contributed by atoms with van der Waals surface area (Å²) in [6.07, 6.45) is 0. The monoisotopic (exact) mass is 259 g/mol. The Balaban J connectivity index is 2.36. The van der Waals surface area contributed by atoms with Gasteiger partial charge in [0.25, 0.3) is 0 Å². The highest BCUT2D eigenvalue weighted by Crippen LogP contribution is 2.26. The van der Waals surface area contributed by atoms with Crippen LogP contribution in [0, 0.1) is 11.7 Å². The lowest BCUT2D eigenvalue weighted by Crippen LogP contribution is -2.33. The van der Waals surface area contributed by atoms with Crippen molar-refractivity contribution in [3.8, 4) is 5.75 Å². The van der Waals surface area contributed by atoms with Gasteiger partial charge in [0.1, 0.15) is 6.61 Å². The maximum absolute atomic E-state index is 13.3. The van der Waals surface area contributed by atoms with E-state index in [1.807, 2.05) is 0 Å².